The molecule has 84 valence electrons. The first-order valence-electron chi connectivity index (χ1n) is 5.34. The first-order chi connectivity index (χ1) is 7.81. The van der Waals surface area contributed by atoms with Gasteiger partial charge in [-0.1, -0.05) is 23.4 Å². The van der Waals surface area contributed by atoms with Gasteiger partial charge in [0, 0.05) is 5.88 Å². The summed E-state index contributed by atoms with van der Waals surface area (Å²) in [4.78, 5) is 0. The van der Waals surface area contributed by atoms with Crippen molar-refractivity contribution in [2.24, 2.45) is 0 Å². The molecule has 0 bridgehead atoms. The van der Waals surface area contributed by atoms with Crippen LogP contribution in [0.4, 0.5) is 0 Å². The second-order valence-corrected chi connectivity index (χ2v) is 4.11. The Kier molecular flexibility index (Phi) is 3.57. The molecule has 1 aromatic carbocycles. The molecule has 0 aliphatic carbocycles. The van der Waals surface area contributed by atoms with Crippen LogP contribution in [0.1, 0.15) is 17.7 Å². The van der Waals surface area contributed by atoms with Crippen molar-refractivity contribution in [2.75, 3.05) is 5.88 Å². The standard InChI is InChI=1S/C12H14ClN3/c1-10-5-2-3-7-12(10)16-9-11(14-15-16)6-4-8-13/h2-3,5,7,9H,4,6,8H2,1H3. The number of para-hydroxylation sites is 1. The van der Waals surface area contributed by atoms with Gasteiger partial charge in [-0.05, 0) is 31.4 Å². The highest BCUT2D eigenvalue weighted by Crippen LogP contribution is 2.12. The highest BCUT2D eigenvalue weighted by atomic mass is 35.5. The zero-order valence-electron chi connectivity index (χ0n) is 9.23. The number of nitrogens with zero attached hydrogens (tertiary/aromatic N) is 3. The zero-order chi connectivity index (χ0) is 11.4. The third kappa shape index (κ3) is 2.42. The van der Waals surface area contributed by atoms with Gasteiger partial charge in [-0.25, -0.2) is 4.68 Å². The largest absolute Gasteiger partial charge is 0.220 e. The van der Waals surface area contributed by atoms with E-state index in [-0.39, 0.29) is 0 Å². The molecule has 0 radical (unpaired) electrons. The van der Waals surface area contributed by atoms with Gasteiger partial charge in [0.1, 0.15) is 0 Å². The summed E-state index contributed by atoms with van der Waals surface area (Å²) in [6.07, 6.45) is 3.79. The van der Waals surface area contributed by atoms with Crippen molar-refractivity contribution in [3.8, 4) is 5.69 Å². The fourth-order valence-electron chi connectivity index (χ4n) is 1.60. The topological polar surface area (TPSA) is 30.7 Å². The normalized spacial score (nSPS) is 10.6. The number of aryl methyl sites for hydroxylation is 2. The first kappa shape index (κ1) is 11.1. The average molecular weight is 236 g/mol. The Labute approximate surface area is 100 Å². The van der Waals surface area contributed by atoms with Crippen molar-refractivity contribution >= 4 is 11.6 Å². The van der Waals surface area contributed by atoms with Gasteiger partial charge >= 0.3 is 0 Å². The van der Waals surface area contributed by atoms with Crippen molar-refractivity contribution in [3.63, 3.8) is 0 Å². The quantitative estimate of drug-likeness (QED) is 0.763. The molecule has 0 fully saturated rings. The van der Waals surface area contributed by atoms with Crippen LogP contribution in [0.3, 0.4) is 0 Å². The molecule has 0 unspecified atom stereocenters. The average Bonchev–Trinajstić information content (AvgIpc) is 2.75. The Morgan fingerprint density at radius 1 is 1.31 bits per heavy atom. The maximum Gasteiger partial charge on any atom is 0.0832 e. The summed E-state index contributed by atoms with van der Waals surface area (Å²) >= 11 is 5.65. The molecule has 0 spiro atoms. The van der Waals surface area contributed by atoms with Gasteiger partial charge in [-0.3, -0.25) is 0 Å². The van der Waals surface area contributed by atoms with E-state index in [1.54, 1.807) is 0 Å². The van der Waals surface area contributed by atoms with E-state index in [1.165, 1.54) is 5.56 Å². The van der Waals surface area contributed by atoms with Crippen molar-refractivity contribution in [1.82, 2.24) is 15.0 Å². The summed E-state index contributed by atoms with van der Waals surface area (Å²) in [7, 11) is 0. The first-order valence-corrected chi connectivity index (χ1v) is 5.88. The van der Waals surface area contributed by atoms with E-state index in [4.69, 9.17) is 11.6 Å². The van der Waals surface area contributed by atoms with Gasteiger partial charge < -0.3 is 0 Å². The smallest absolute Gasteiger partial charge is 0.0832 e. The fraction of sp³-hybridized carbons (Fsp3) is 0.333. The van der Waals surface area contributed by atoms with Crippen LogP contribution in [0.2, 0.25) is 0 Å². The maximum atomic E-state index is 5.65. The lowest BCUT2D eigenvalue weighted by atomic mass is 10.2. The molecule has 0 saturated carbocycles. The van der Waals surface area contributed by atoms with Crippen LogP contribution in [0.25, 0.3) is 5.69 Å². The number of aromatic nitrogens is 3. The van der Waals surface area contributed by atoms with Crippen molar-refractivity contribution < 1.29 is 0 Å². The lowest BCUT2D eigenvalue weighted by Crippen LogP contribution is -1.97. The third-order valence-electron chi connectivity index (χ3n) is 2.47. The molecule has 0 amide bonds. The monoisotopic (exact) mass is 235 g/mol. The highest BCUT2D eigenvalue weighted by Gasteiger charge is 2.04. The van der Waals surface area contributed by atoms with Crippen LogP contribution in [0, 0.1) is 6.92 Å². The zero-order valence-corrected chi connectivity index (χ0v) is 9.98. The molecular formula is C12H14ClN3. The van der Waals surface area contributed by atoms with Gasteiger partial charge in [0.05, 0.1) is 17.6 Å². The van der Waals surface area contributed by atoms with Crippen molar-refractivity contribution in [3.05, 3.63) is 41.7 Å². The molecule has 0 atom stereocenters. The SMILES string of the molecule is Cc1ccccc1-n1cc(CCCCl)nn1. The second kappa shape index (κ2) is 5.12. The van der Waals surface area contributed by atoms with Gasteiger partial charge in [0.15, 0.2) is 0 Å². The molecule has 2 rings (SSSR count). The van der Waals surface area contributed by atoms with E-state index in [1.807, 2.05) is 29.1 Å². The minimum absolute atomic E-state index is 0.664. The van der Waals surface area contributed by atoms with Crippen LogP contribution in [0.5, 0.6) is 0 Å². The lowest BCUT2D eigenvalue weighted by molar-refractivity contribution is 0.788. The predicted molar refractivity (Wildman–Crippen MR) is 65.1 cm³/mol. The van der Waals surface area contributed by atoms with E-state index < -0.39 is 0 Å². The molecule has 16 heavy (non-hydrogen) atoms. The Balaban J connectivity index is 2.22. The summed E-state index contributed by atoms with van der Waals surface area (Å²) in [6, 6.07) is 8.12. The van der Waals surface area contributed by atoms with Crippen LogP contribution in [-0.2, 0) is 6.42 Å². The summed E-state index contributed by atoms with van der Waals surface area (Å²) in [6.45, 7) is 2.06. The van der Waals surface area contributed by atoms with Crippen LogP contribution in [0.15, 0.2) is 30.5 Å². The summed E-state index contributed by atoms with van der Waals surface area (Å²) in [5.41, 5.74) is 3.26. The number of rotatable bonds is 4. The molecule has 0 saturated heterocycles. The molecule has 1 aromatic heterocycles. The minimum atomic E-state index is 0.664. The Hall–Kier alpha value is -1.35. The number of alkyl halides is 1. The molecule has 4 heteroatoms. The number of hydrogen-bond acceptors (Lipinski definition) is 2. The maximum absolute atomic E-state index is 5.65. The van der Waals surface area contributed by atoms with E-state index in [0.717, 1.165) is 24.2 Å². The molecule has 0 aliphatic rings. The molecule has 1 heterocycles. The van der Waals surface area contributed by atoms with Gasteiger partial charge in [0.25, 0.3) is 0 Å². The number of benzene rings is 1. The molecule has 2 aromatic rings. The molecular weight excluding hydrogens is 222 g/mol. The lowest BCUT2D eigenvalue weighted by Gasteiger charge is -2.02. The molecule has 0 aliphatic heterocycles. The van der Waals surface area contributed by atoms with E-state index in [0.29, 0.717) is 5.88 Å². The Morgan fingerprint density at radius 3 is 2.88 bits per heavy atom. The molecule has 3 nitrogen and oxygen atoms in total. The van der Waals surface area contributed by atoms with Crippen molar-refractivity contribution in [2.45, 2.75) is 19.8 Å². The van der Waals surface area contributed by atoms with E-state index >= 15 is 0 Å². The summed E-state index contributed by atoms with van der Waals surface area (Å²) in [5.74, 6) is 0.664. The molecule has 0 N–H and O–H groups in total. The fourth-order valence-corrected chi connectivity index (χ4v) is 1.73. The van der Waals surface area contributed by atoms with E-state index in [2.05, 4.69) is 23.3 Å². The second-order valence-electron chi connectivity index (χ2n) is 3.73. The van der Waals surface area contributed by atoms with Crippen LogP contribution < -0.4 is 0 Å². The number of halogens is 1. The van der Waals surface area contributed by atoms with Gasteiger partial charge in [-0.2, -0.15) is 0 Å². The van der Waals surface area contributed by atoms with Crippen molar-refractivity contribution in [1.29, 1.82) is 0 Å². The Bertz CT molecular complexity index is 465. The van der Waals surface area contributed by atoms with E-state index in [9.17, 15) is 0 Å². The van der Waals surface area contributed by atoms with Crippen LogP contribution in [-0.4, -0.2) is 20.9 Å². The summed E-state index contributed by atoms with van der Waals surface area (Å²) in [5, 5.41) is 8.25. The Morgan fingerprint density at radius 2 is 2.12 bits per heavy atom. The van der Waals surface area contributed by atoms with Gasteiger partial charge in [-0.15, -0.1) is 16.7 Å². The minimum Gasteiger partial charge on any atom is -0.220 e. The van der Waals surface area contributed by atoms with Gasteiger partial charge in [0.2, 0.25) is 0 Å². The number of hydrogen-bond donors (Lipinski definition) is 0. The third-order valence-corrected chi connectivity index (χ3v) is 2.74. The van der Waals surface area contributed by atoms with Crippen LogP contribution >= 0.6 is 11.6 Å². The highest BCUT2D eigenvalue weighted by molar-refractivity contribution is 6.17. The predicted octanol–water partition coefficient (Wildman–Crippen LogP) is 2.75. The summed E-state index contributed by atoms with van der Waals surface area (Å²) < 4.78 is 1.82.